The number of Topliss-reactive ketones (excluding diaryl/α,β-unsaturated/α-hetero) is 1. The number of anilines is 1. The van der Waals surface area contributed by atoms with Gasteiger partial charge in [0.2, 0.25) is 10.0 Å². The molecule has 5 rings (SSSR count). The maximum absolute atomic E-state index is 14.4. The molecule has 2 aromatic rings. The molecule has 3 aliphatic rings. The van der Waals surface area contributed by atoms with Gasteiger partial charge in [0.25, 0.3) is 17.6 Å². The van der Waals surface area contributed by atoms with Gasteiger partial charge in [-0.3, -0.25) is 14.4 Å². The standard InChI is InChI=1S/C31H38N4O6S/c1-4-17-34-25-12-7-6-11-24(25)31(30(34)39)26(28(37)29(38)35(31)21-10-18-32(2)3)27(36)22-13-15-23(16-14-22)42(40,41)33-19-8-5-9-20-33/h6-7,11-16,36H,4-5,8-10,17-21H2,1-3H3/t31-/m1/s1. The minimum absolute atomic E-state index is 0.0798. The van der Waals surface area contributed by atoms with E-state index >= 15 is 0 Å². The molecule has 1 N–H and O–H groups in total. The topological polar surface area (TPSA) is 119 Å². The number of piperidine rings is 1. The molecule has 2 fully saturated rings. The Kier molecular flexibility index (Phi) is 8.28. The van der Waals surface area contributed by atoms with E-state index in [1.165, 1.54) is 33.5 Å². The molecule has 2 amide bonds. The van der Waals surface area contributed by atoms with E-state index in [1.54, 1.807) is 29.2 Å². The SMILES string of the molecule is CCCN1C(=O)[C@]2(C(=C(O)c3ccc(S(=O)(=O)N4CCCCC4)cc3)C(=O)C(=O)N2CCCN(C)C)c2ccccc21. The first kappa shape index (κ1) is 29.9. The van der Waals surface area contributed by atoms with Crippen molar-refractivity contribution >= 4 is 39.1 Å². The largest absolute Gasteiger partial charge is 0.507 e. The van der Waals surface area contributed by atoms with Crippen LogP contribution in [0.1, 0.15) is 50.2 Å². The summed E-state index contributed by atoms with van der Waals surface area (Å²) in [6.45, 7) is 3.99. The number of sulfonamides is 1. The van der Waals surface area contributed by atoms with Gasteiger partial charge in [0.1, 0.15) is 5.76 Å². The molecule has 2 aromatic carbocycles. The fraction of sp³-hybridized carbons (Fsp3) is 0.452. The molecule has 0 aliphatic carbocycles. The van der Waals surface area contributed by atoms with Gasteiger partial charge < -0.3 is 19.8 Å². The first-order valence-corrected chi connectivity index (χ1v) is 16.0. The molecule has 0 unspecified atom stereocenters. The van der Waals surface area contributed by atoms with Crippen LogP contribution in [0, 0.1) is 0 Å². The van der Waals surface area contributed by atoms with E-state index in [0.29, 0.717) is 50.3 Å². The van der Waals surface area contributed by atoms with Crippen LogP contribution in [0.15, 0.2) is 59.0 Å². The van der Waals surface area contributed by atoms with Gasteiger partial charge in [-0.2, -0.15) is 4.31 Å². The van der Waals surface area contributed by atoms with Crippen LogP contribution in [0.3, 0.4) is 0 Å². The summed E-state index contributed by atoms with van der Waals surface area (Å²) in [7, 11) is 0.0895. The van der Waals surface area contributed by atoms with Gasteiger partial charge in [0, 0.05) is 37.3 Å². The first-order valence-electron chi connectivity index (χ1n) is 14.5. The highest BCUT2D eigenvalue weighted by atomic mass is 32.2. The molecule has 3 heterocycles. The zero-order valence-electron chi connectivity index (χ0n) is 24.4. The lowest BCUT2D eigenvalue weighted by molar-refractivity contribution is -0.143. The summed E-state index contributed by atoms with van der Waals surface area (Å²) in [6, 6.07) is 12.7. The highest BCUT2D eigenvalue weighted by molar-refractivity contribution is 7.89. The van der Waals surface area contributed by atoms with Crippen molar-refractivity contribution < 1.29 is 27.9 Å². The van der Waals surface area contributed by atoms with Crippen LogP contribution >= 0.6 is 0 Å². The minimum Gasteiger partial charge on any atom is -0.507 e. The number of para-hydroxylation sites is 1. The Morgan fingerprint density at radius 3 is 2.26 bits per heavy atom. The van der Waals surface area contributed by atoms with Crippen LogP contribution in [-0.4, -0.2) is 92.0 Å². The maximum Gasteiger partial charge on any atom is 0.296 e. The van der Waals surface area contributed by atoms with Gasteiger partial charge in [-0.05, 0) is 76.7 Å². The number of aliphatic hydroxyl groups is 1. The number of ketones is 1. The van der Waals surface area contributed by atoms with Crippen molar-refractivity contribution in [2.45, 2.75) is 49.5 Å². The number of amides is 2. The molecule has 0 saturated carbocycles. The molecule has 2 saturated heterocycles. The Bertz CT molecular complexity index is 1530. The number of benzene rings is 2. The van der Waals surface area contributed by atoms with Gasteiger partial charge in [-0.15, -0.1) is 0 Å². The van der Waals surface area contributed by atoms with Gasteiger partial charge >= 0.3 is 0 Å². The predicted octanol–water partition coefficient (Wildman–Crippen LogP) is 3.15. The van der Waals surface area contributed by atoms with Crippen LogP contribution in [0.4, 0.5) is 5.69 Å². The second-order valence-corrected chi connectivity index (χ2v) is 13.3. The van der Waals surface area contributed by atoms with Crippen molar-refractivity contribution in [3.63, 3.8) is 0 Å². The monoisotopic (exact) mass is 594 g/mol. The van der Waals surface area contributed by atoms with Crippen LogP contribution in [0.5, 0.6) is 0 Å². The highest BCUT2D eigenvalue weighted by Gasteiger charge is 2.66. The summed E-state index contributed by atoms with van der Waals surface area (Å²) in [5.41, 5.74) is -0.900. The number of hydrogen-bond acceptors (Lipinski definition) is 7. The van der Waals surface area contributed by atoms with Crippen molar-refractivity contribution in [3.8, 4) is 0 Å². The third-order valence-corrected chi connectivity index (χ3v) is 10.2. The number of nitrogens with zero attached hydrogens (tertiary/aromatic N) is 4. The van der Waals surface area contributed by atoms with Crippen LogP contribution in [0.25, 0.3) is 5.76 Å². The van der Waals surface area contributed by atoms with Gasteiger partial charge in [0.05, 0.1) is 16.2 Å². The smallest absolute Gasteiger partial charge is 0.296 e. The lowest BCUT2D eigenvalue weighted by Gasteiger charge is -2.34. The van der Waals surface area contributed by atoms with Crippen LogP contribution < -0.4 is 4.90 Å². The van der Waals surface area contributed by atoms with E-state index in [1.807, 2.05) is 25.9 Å². The second kappa shape index (κ2) is 11.6. The third kappa shape index (κ3) is 4.73. The highest BCUT2D eigenvalue weighted by Crippen LogP contribution is 2.53. The molecule has 11 heteroatoms. The summed E-state index contributed by atoms with van der Waals surface area (Å²) in [5.74, 6) is -2.75. The van der Waals surface area contributed by atoms with E-state index in [9.17, 15) is 27.9 Å². The normalized spacial score (nSPS) is 22.5. The van der Waals surface area contributed by atoms with Crippen molar-refractivity contribution in [2.75, 3.05) is 51.7 Å². The Balaban J connectivity index is 1.65. The third-order valence-electron chi connectivity index (χ3n) is 8.32. The van der Waals surface area contributed by atoms with E-state index in [0.717, 1.165) is 19.3 Å². The Morgan fingerprint density at radius 2 is 1.62 bits per heavy atom. The van der Waals surface area contributed by atoms with E-state index < -0.39 is 38.9 Å². The zero-order chi connectivity index (χ0) is 30.2. The molecular formula is C31H38N4O6S. The van der Waals surface area contributed by atoms with Gasteiger partial charge in [-0.25, -0.2) is 8.42 Å². The van der Waals surface area contributed by atoms with E-state index in [2.05, 4.69) is 0 Å². The van der Waals surface area contributed by atoms with E-state index in [-0.39, 0.29) is 22.6 Å². The molecule has 0 bridgehead atoms. The Morgan fingerprint density at radius 1 is 0.952 bits per heavy atom. The lowest BCUT2D eigenvalue weighted by atomic mass is 9.82. The molecular weight excluding hydrogens is 556 g/mol. The Hall–Kier alpha value is -3.54. The number of fused-ring (bicyclic) bond motifs is 2. The summed E-state index contributed by atoms with van der Waals surface area (Å²) in [4.78, 5) is 46.7. The number of rotatable bonds is 9. The maximum atomic E-state index is 14.4. The van der Waals surface area contributed by atoms with Crippen molar-refractivity contribution in [2.24, 2.45) is 0 Å². The predicted molar refractivity (Wildman–Crippen MR) is 159 cm³/mol. The zero-order valence-corrected chi connectivity index (χ0v) is 25.2. The first-order chi connectivity index (χ1) is 20.1. The fourth-order valence-electron chi connectivity index (χ4n) is 6.34. The van der Waals surface area contributed by atoms with Crippen LogP contribution in [-0.2, 0) is 29.9 Å². The van der Waals surface area contributed by atoms with Crippen LogP contribution in [0.2, 0.25) is 0 Å². The lowest BCUT2D eigenvalue weighted by Crippen LogP contribution is -2.52. The molecule has 42 heavy (non-hydrogen) atoms. The Labute approximate surface area is 247 Å². The second-order valence-electron chi connectivity index (χ2n) is 11.3. The molecule has 224 valence electrons. The van der Waals surface area contributed by atoms with Crippen molar-refractivity contribution in [1.82, 2.24) is 14.1 Å². The molecule has 0 aromatic heterocycles. The van der Waals surface area contributed by atoms with Crippen molar-refractivity contribution in [3.05, 3.63) is 65.2 Å². The quantitative estimate of drug-likeness (QED) is 0.269. The minimum atomic E-state index is -3.71. The number of likely N-dealkylation sites (tertiary alicyclic amines) is 1. The van der Waals surface area contributed by atoms with Gasteiger partial charge in [0.15, 0.2) is 5.54 Å². The van der Waals surface area contributed by atoms with E-state index in [4.69, 9.17) is 0 Å². The fourth-order valence-corrected chi connectivity index (χ4v) is 7.86. The molecule has 1 atom stereocenters. The van der Waals surface area contributed by atoms with Gasteiger partial charge in [-0.1, -0.05) is 31.5 Å². The number of carbonyl (C=O) groups is 3. The molecule has 0 radical (unpaired) electrons. The average molecular weight is 595 g/mol. The summed E-state index contributed by atoms with van der Waals surface area (Å²) in [6.07, 6.45) is 3.76. The number of carbonyl (C=O) groups excluding carboxylic acids is 3. The number of hydrogen-bond donors (Lipinski definition) is 1. The summed E-state index contributed by atoms with van der Waals surface area (Å²) >= 11 is 0. The molecule has 3 aliphatic heterocycles. The summed E-state index contributed by atoms with van der Waals surface area (Å²) < 4.78 is 27.8. The number of aliphatic hydroxyl groups excluding tert-OH is 1. The average Bonchev–Trinajstić information content (AvgIpc) is 3.36. The molecule has 10 nitrogen and oxygen atoms in total. The van der Waals surface area contributed by atoms with Crippen molar-refractivity contribution in [1.29, 1.82) is 0 Å². The summed E-state index contributed by atoms with van der Waals surface area (Å²) in [5, 5.41) is 11.7. The molecule has 1 spiro atoms.